The maximum atomic E-state index is 13.6. The molecule has 8 heteroatoms. The Morgan fingerprint density at radius 3 is 2.56 bits per heavy atom. The van der Waals surface area contributed by atoms with Gasteiger partial charge < -0.3 is 10.2 Å². The van der Waals surface area contributed by atoms with Gasteiger partial charge in [0, 0.05) is 32.4 Å². The summed E-state index contributed by atoms with van der Waals surface area (Å²) in [5, 5.41) is 6.35. The van der Waals surface area contributed by atoms with Crippen molar-refractivity contribution in [2.45, 2.75) is 54.1 Å². The van der Waals surface area contributed by atoms with Crippen molar-refractivity contribution in [1.29, 1.82) is 0 Å². The van der Waals surface area contributed by atoms with Crippen molar-refractivity contribution in [2.24, 2.45) is 5.92 Å². The van der Waals surface area contributed by atoms with Crippen LogP contribution in [0, 0.1) is 25.2 Å². The number of nitrogens with one attached hydrogen (secondary N) is 1. The Kier molecular flexibility index (Phi) is 10.4. The standard InChI is InChI=1S/C27H34FN5O2.CH4/c1-19(2)7-6-12-30-26(34)17-32(25-14-24(29-4)11-8-20(25)3)18-27(35)31(5)33-15-21-9-10-23(28)13-22(21)16-33;/h8-11,13-14,19H,6-7,12,15-18H2,1-3,5H3,(H,30,34);1H4. The quantitative estimate of drug-likeness (QED) is 0.369. The minimum atomic E-state index is -0.291. The van der Waals surface area contributed by atoms with Crippen LogP contribution in [0.15, 0.2) is 36.4 Å². The Hall–Kier alpha value is -3.44. The fourth-order valence-electron chi connectivity index (χ4n) is 4.18. The number of aryl methyl sites for hydroxylation is 1. The molecular formula is C28H38FN5O2. The highest BCUT2D eigenvalue weighted by molar-refractivity contribution is 5.87. The molecule has 0 unspecified atom stereocenters. The first-order valence-electron chi connectivity index (χ1n) is 12.0. The number of likely N-dealkylation sites (N-methyl/N-ethyl adjacent to an activating group) is 1. The largest absolute Gasteiger partial charge is 0.355 e. The van der Waals surface area contributed by atoms with Crippen LogP contribution in [0.25, 0.3) is 4.85 Å². The average Bonchev–Trinajstić information content (AvgIpc) is 3.24. The predicted octanol–water partition coefficient (Wildman–Crippen LogP) is 5.07. The second-order valence-electron chi connectivity index (χ2n) is 9.48. The number of anilines is 1. The Morgan fingerprint density at radius 2 is 1.86 bits per heavy atom. The average molecular weight is 496 g/mol. The van der Waals surface area contributed by atoms with Gasteiger partial charge in [0.15, 0.2) is 5.69 Å². The van der Waals surface area contributed by atoms with Crippen molar-refractivity contribution in [3.63, 3.8) is 0 Å². The number of carbonyl (C=O) groups excluding carboxylic acids is 2. The lowest BCUT2D eigenvalue weighted by atomic mass is 10.1. The zero-order valence-corrected chi connectivity index (χ0v) is 21.0. The SMILES string of the molecule is C.[C-]#[N+]c1ccc(C)c(N(CC(=O)NCCCC(C)C)CC(=O)N(C)N2Cc3ccc(F)cc3C2)c1. The van der Waals surface area contributed by atoms with Crippen LogP contribution in [-0.2, 0) is 22.7 Å². The highest BCUT2D eigenvalue weighted by atomic mass is 19.1. The molecule has 0 saturated heterocycles. The van der Waals surface area contributed by atoms with E-state index < -0.39 is 0 Å². The van der Waals surface area contributed by atoms with E-state index in [4.69, 9.17) is 6.57 Å². The van der Waals surface area contributed by atoms with E-state index in [-0.39, 0.29) is 38.1 Å². The fraction of sp³-hybridized carbons (Fsp3) is 0.464. The number of fused-ring (bicyclic) bond motifs is 1. The number of benzene rings is 2. The van der Waals surface area contributed by atoms with Crippen molar-refractivity contribution < 1.29 is 14.0 Å². The summed E-state index contributed by atoms with van der Waals surface area (Å²) in [4.78, 5) is 31.3. The van der Waals surface area contributed by atoms with Gasteiger partial charge in [-0.25, -0.2) is 14.2 Å². The van der Waals surface area contributed by atoms with E-state index in [0.29, 0.717) is 36.9 Å². The normalized spacial score (nSPS) is 12.5. The third-order valence-electron chi connectivity index (χ3n) is 6.26. The summed E-state index contributed by atoms with van der Waals surface area (Å²) in [6.45, 7) is 15.1. The highest BCUT2D eigenvalue weighted by Gasteiger charge is 2.27. The lowest BCUT2D eigenvalue weighted by molar-refractivity contribution is -0.145. The number of hydrogen-bond acceptors (Lipinski definition) is 4. The van der Waals surface area contributed by atoms with E-state index in [2.05, 4.69) is 24.0 Å². The van der Waals surface area contributed by atoms with Crippen molar-refractivity contribution in [3.05, 3.63) is 70.3 Å². The van der Waals surface area contributed by atoms with E-state index in [1.165, 1.54) is 12.1 Å². The van der Waals surface area contributed by atoms with Crippen LogP contribution < -0.4 is 10.2 Å². The minimum absolute atomic E-state index is 0. The maximum absolute atomic E-state index is 13.6. The Bertz CT molecular complexity index is 1110. The molecule has 1 N–H and O–H groups in total. The summed E-state index contributed by atoms with van der Waals surface area (Å²) >= 11 is 0. The molecule has 36 heavy (non-hydrogen) atoms. The number of hydrazine groups is 1. The predicted molar refractivity (Wildman–Crippen MR) is 142 cm³/mol. The molecule has 2 aromatic carbocycles. The number of halogens is 1. The molecule has 3 rings (SSSR count). The second-order valence-corrected chi connectivity index (χ2v) is 9.48. The van der Waals surface area contributed by atoms with Crippen molar-refractivity contribution in [2.75, 3.05) is 31.6 Å². The first-order valence-corrected chi connectivity index (χ1v) is 12.0. The molecule has 2 aromatic rings. The molecule has 1 heterocycles. The summed E-state index contributed by atoms with van der Waals surface area (Å²) in [5.74, 6) is -0.0801. The van der Waals surface area contributed by atoms with Gasteiger partial charge in [-0.2, -0.15) is 0 Å². The van der Waals surface area contributed by atoms with E-state index in [0.717, 1.165) is 29.5 Å². The van der Waals surface area contributed by atoms with Crippen molar-refractivity contribution in [1.82, 2.24) is 15.3 Å². The zero-order valence-electron chi connectivity index (χ0n) is 21.0. The fourth-order valence-corrected chi connectivity index (χ4v) is 4.18. The lowest BCUT2D eigenvalue weighted by Crippen LogP contribution is -2.48. The maximum Gasteiger partial charge on any atom is 0.256 e. The van der Waals surface area contributed by atoms with Crippen LogP contribution in [-0.4, -0.2) is 48.5 Å². The van der Waals surface area contributed by atoms with Gasteiger partial charge in [-0.05, 0) is 60.6 Å². The topological polar surface area (TPSA) is 60.3 Å². The third-order valence-corrected chi connectivity index (χ3v) is 6.26. The van der Waals surface area contributed by atoms with E-state index in [1.807, 2.05) is 18.0 Å². The Morgan fingerprint density at radius 1 is 1.14 bits per heavy atom. The molecule has 0 aliphatic carbocycles. The summed E-state index contributed by atoms with van der Waals surface area (Å²) in [5.41, 5.74) is 3.87. The molecule has 0 spiro atoms. The number of nitrogens with zero attached hydrogens (tertiary/aromatic N) is 4. The second kappa shape index (κ2) is 13.0. The van der Waals surface area contributed by atoms with E-state index in [1.54, 1.807) is 35.2 Å². The first kappa shape index (κ1) is 28.8. The summed E-state index contributed by atoms with van der Waals surface area (Å²) in [6.07, 6.45) is 1.93. The number of amides is 2. The van der Waals surface area contributed by atoms with Gasteiger partial charge >= 0.3 is 0 Å². The molecule has 7 nitrogen and oxygen atoms in total. The van der Waals surface area contributed by atoms with E-state index >= 15 is 0 Å². The molecular weight excluding hydrogens is 457 g/mol. The summed E-state index contributed by atoms with van der Waals surface area (Å²) in [6, 6.07) is 9.95. The minimum Gasteiger partial charge on any atom is -0.355 e. The van der Waals surface area contributed by atoms with Crippen molar-refractivity contribution in [3.8, 4) is 0 Å². The van der Waals surface area contributed by atoms with Crippen LogP contribution >= 0.6 is 0 Å². The molecule has 1 aliphatic heterocycles. The van der Waals surface area contributed by atoms with Crippen LogP contribution in [0.5, 0.6) is 0 Å². The monoisotopic (exact) mass is 495 g/mol. The lowest BCUT2D eigenvalue weighted by Gasteiger charge is -2.32. The highest BCUT2D eigenvalue weighted by Crippen LogP contribution is 2.27. The van der Waals surface area contributed by atoms with Crippen LogP contribution in [0.1, 0.15) is 50.8 Å². The van der Waals surface area contributed by atoms with E-state index in [9.17, 15) is 14.0 Å². The number of carbonyl (C=O) groups is 2. The summed E-state index contributed by atoms with van der Waals surface area (Å²) in [7, 11) is 1.69. The van der Waals surface area contributed by atoms with Gasteiger partial charge in [-0.1, -0.05) is 39.5 Å². The third kappa shape index (κ3) is 7.53. The Balaban J connectivity index is 0.00000456. The van der Waals surface area contributed by atoms with Gasteiger partial charge in [0.2, 0.25) is 5.91 Å². The Labute approximate surface area is 214 Å². The molecule has 0 atom stereocenters. The smallest absolute Gasteiger partial charge is 0.256 e. The molecule has 0 bridgehead atoms. The molecule has 0 fully saturated rings. The van der Waals surface area contributed by atoms with Gasteiger partial charge in [-0.15, -0.1) is 0 Å². The zero-order chi connectivity index (χ0) is 25.5. The molecule has 0 radical (unpaired) electrons. The van der Waals surface area contributed by atoms with Gasteiger partial charge in [-0.3, -0.25) is 14.6 Å². The van der Waals surface area contributed by atoms with Gasteiger partial charge in [0.1, 0.15) is 5.82 Å². The summed E-state index contributed by atoms with van der Waals surface area (Å²) < 4.78 is 13.6. The van der Waals surface area contributed by atoms with Crippen LogP contribution in [0.4, 0.5) is 15.8 Å². The van der Waals surface area contributed by atoms with Gasteiger partial charge in [0.25, 0.3) is 5.91 Å². The number of rotatable bonds is 10. The van der Waals surface area contributed by atoms with Gasteiger partial charge in [0.05, 0.1) is 19.7 Å². The molecule has 2 amide bonds. The first-order chi connectivity index (χ1) is 16.7. The molecule has 0 aromatic heterocycles. The van der Waals surface area contributed by atoms with Crippen molar-refractivity contribution >= 4 is 23.2 Å². The molecule has 194 valence electrons. The van der Waals surface area contributed by atoms with Crippen LogP contribution in [0.3, 0.4) is 0 Å². The molecule has 0 saturated carbocycles. The van der Waals surface area contributed by atoms with Crippen LogP contribution in [0.2, 0.25) is 0 Å². The molecule has 1 aliphatic rings. The number of hydrogen-bond donors (Lipinski definition) is 1.